The highest BCUT2D eigenvalue weighted by Gasteiger charge is 2.10. The Hall–Kier alpha value is -2.00. The zero-order chi connectivity index (χ0) is 14.4. The zero-order valence-corrected chi connectivity index (χ0v) is 12.0. The number of ether oxygens (including phenoxy) is 1. The number of halogens is 1. The molecule has 0 aliphatic rings. The van der Waals surface area contributed by atoms with Crippen LogP contribution in [0.3, 0.4) is 0 Å². The summed E-state index contributed by atoms with van der Waals surface area (Å²) in [5.41, 5.74) is 0.674. The van der Waals surface area contributed by atoms with Crippen LogP contribution in [0.5, 0.6) is 5.75 Å². The Morgan fingerprint density at radius 2 is 1.75 bits per heavy atom. The highest BCUT2D eigenvalue weighted by Crippen LogP contribution is 2.22. The molecule has 0 aromatic heterocycles. The van der Waals surface area contributed by atoms with Crippen LogP contribution in [0, 0.1) is 0 Å². The topological polar surface area (TPSA) is 29.5 Å². The number of carbonyl (C=O) groups excluding carboxylic acids is 1. The number of carbonyl (C=O) groups is 1. The summed E-state index contributed by atoms with van der Waals surface area (Å²) in [4.78, 5) is 13.7. The molecule has 104 valence electrons. The van der Waals surface area contributed by atoms with Gasteiger partial charge in [-0.05, 0) is 24.3 Å². The molecular formula is C16H16ClNO2. The first-order chi connectivity index (χ1) is 9.68. The second-order valence-electron chi connectivity index (χ2n) is 4.37. The maximum absolute atomic E-state index is 12.1. The molecule has 20 heavy (non-hydrogen) atoms. The fourth-order valence-corrected chi connectivity index (χ4v) is 1.95. The summed E-state index contributed by atoms with van der Waals surface area (Å²) in [7, 11) is 1.76. The largest absolute Gasteiger partial charge is 0.490 e. The molecule has 1 amide bonds. The first-order valence-electron chi connectivity index (χ1n) is 6.36. The summed E-state index contributed by atoms with van der Waals surface area (Å²) in [6.07, 6.45) is 0. The number of nitrogens with zero attached hydrogens (tertiary/aromatic N) is 1. The minimum atomic E-state index is -0.0200. The predicted octanol–water partition coefficient (Wildman–Crippen LogP) is 3.49. The van der Waals surface area contributed by atoms with Crippen molar-refractivity contribution in [1.82, 2.24) is 4.90 Å². The van der Waals surface area contributed by atoms with E-state index >= 15 is 0 Å². The monoisotopic (exact) mass is 289 g/mol. The number of benzene rings is 2. The van der Waals surface area contributed by atoms with Gasteiger partial charge < -0.3 is 9.64 Å². The van der Waals surface area contributed by atoms with Gasteiger partial charge in [0.05, 0.1) is 11.6 Å². The normalized spacial score (nSPS) is 10.1. The molecule has 0 fully saturated rings. The first kappa shape index (κ1) is 14.4. The van der Waals surface area contributed by atoms with E-state index in [1.165, 1.54) is 0 Å². The van der Waals surface area contributed by atoms with Gasteiger partial charge >= 0.3 is 0 Å². The summed E-state index contributed by atoms with van der Waals surface area (Å²) in [6.45, 7) is 0.901. The number of likely N-dealkylation sites (N-methyl/N-ethyl adjacent to an activating group) is 1. The fraction of sp³-hybridized carbons (Fsp3) is 0.188. The highest BCUT2D eigenvalue weighted by atomic mass is 35.5. The van der Waals surface area contributed by atoms with Gasteiger partial charge in [-0.25, -0.2) is 0 Å². The van der Waals surface area contributed by atoms with Gasteiger partial charge in [0.1, 0.15) is 12.4 Å². The minimum Gasteiger partial charge on any atom is -0.490 e. The molecule has 0 unspecified atom stereocenters. The van der Waals surface area contributed by atoms with E-state index in [4.69, 9.17) is 16.3 Å². The van der Waals surface area contributed by atoms with Crippen LogP contribution in [0.15, 0.2) is 54.6 Å². The van der Waals surface area contributed by atoms with E-state index in [9.17, 15) is 4.79 Å². The maximum Gasteiger partial charge on any atom is 0.253 e. The third kappa shape index (κ3) is 3.75. The number of rotatable bonds is 5. The molecule has 0 aliphatic heterocycles. The Labute approximate surface area is 123 Å². The van der Waals surface area contributed by atoms with Crippen molar-refractivity contribution < 1.29 is 9.53 Å². The highest BCUT2D eigenvalue weighted by molar-refractivity contribution is 6.32. The van der Waals surface area contributed by atoms with Gasteiger partial charge in [0, 0.05) is 12.6 Å². The van der Waals surface area contributed by atoms with Crippen LogP contribution < -0.4 is 4.74 Å². The van der Waals surface area contributed by atoms with Crippen LogP contribution in [0.2, 0.25) is 5.02 Å². The van der Waals surface area contributed by atoms with E-state index in [2.05, 4.69) is 0 Å². The lowest BCUT2D eigenvalue weighted by molar-refractivity contribution is 0.0774. The molecule has 0 radical (unpaired) electrons. The van der Waals surface area contributed by atoms with Gasteiger partial charge in [-0.1, -0.05) is 41.9 Å². The Bertz CT molecular complexity index is 572. The Morgan fingerprint density at radius 3 is 2.45 bits per heavy atom. The lowest BCUT2D eigenvalue weighted by Crippen LogP contribution is -2.30. The van der Waals surface area contributed by atoms with Gasteiger partial charge in [0.15, 0.2) is 0 Å². The number of hydrogen-bond donors (Lipinski definition) is 0. The molecule has 2 aromatic carbocycles. The molecule has 0 heterocycles. The van der Waals surface area contributed by atoms with Crippen molar-refractivity contribution in [2.75, 3.05) is 20.2 Å². The van der Waals surface area contributed by atoms with Crippen LogP contribution >= 0.6 is 11.6 Å². The van der Waals surface area contributed by atoms with Gasteiger partial charge in [-0.3, -0.25) is 4.79 Å². The molecule has 2 rings (SSSR count). The standard InChI is InChI=1S/C16H16ClNO2/c1-18(16(19)13-7-3-2-4-8-13)11-12-20-15-10-6-5-9-14(15)17/h2-10H,11-12H2,1H3. The lowest BCUT2D eigenvalue weighted by Gasteiger charge is -2.17. The first-order valence-corrected chi connectivity index (χ1v) is 6.74. The van der Waals surface area contributed by atoms with Crippen molar-refractivity contribution in [3.05, 3.63) is 65.2 Å². The molecule has 0 spiro atoms. The van der Waals surface area contributed by atoms with E-state index < -0.39 is 0 Å². The van der Waals surface area contributed by atoms with Crippen LogP contribution in [0.4, 0.5) is 0 Å². The Morgan fingerprint density at radius 1 is 1.10 bits per heavy atom. The van der Waals surface area contributed by atoms with Crippen molar-refractivity contribution in [1.29, 1.82) is 0 Å². The Kier molecular flexibility index (Phi) is 5.02. The van der Waals surface area contributed by atoms with Gasteiger partial charge in [0.2, 0.25) is 0 Å². The molecule has 0 aliphatic carbocycles. The zero-order valence-electron chi connectivity index (χ0n) is 11.3. The lowest BCUT2D eigenvalue weighted by atomic mass is 10.2. The van der Waals surface area contributed by atoms with Crippen molar-refractivity contribution in [3.8, 4) is 5.75 Å². The number of amides is 1. The number of hydrogen-bond acceptors (Lipinski definition) is 2. The van der Waals surface area contributed by atoms with Crippen molar-refractivity contribution in [3.63, 3.8) is 0 Å². The van der Waals surface area contributed by atoms with Crippen LogP contribution in [0.25, 0.3) is 0 Å². The van der Waals surface area contributed by atoms with E-state index in [0.717, 1.165) is 0 Å². The second kappa shape index (κ2) is 6.96. The van der Waals surface area contributed by atoms with Crippen LogP contribution in [-0.2, 0) is 0 Å². The van der Waals surface area contributed by atoms with Gasteiger partial charge in [-0.2, -0.15) is 0 Å². The quantitative estimate of drug-likeness (QED) is 0.843. The van der Waals surface area contributed by atoms with Gasteiger partial charge in [0.25, 0.3) is 5.91 Å². The SMILES string of the molecule is CN(CCOc1ccccc1Cl)C(=O)c1ccccc1. The minimum absolute atomic E-state index is 0.0200. The van der Waals surface area contributed by atoms with Crippen molar-refractivity contribution in [2.45, 2.75) is 0 Å². The fourth-order valence-electron chi connectivity index (χ4n) is 1.76. The molecular weight excluding hydrogens is 274 g/mol. The van der Waals surface area contributed by atoms with E-state index in [1.54, 1.807) is 36.2 Å². The molecule has 0 atom stereocenters. The summed E-state index contributed by atoms with van der Waals surface area (Å²) in [5, 5.41) is 0.574. The van der Waals surface area contributed by atoms with Crippen molar-refractivity contribution in [2.24, 2.45) is 0 Å². The number of para-hydroxylation sites is 1. The smallest absolute Gasteiger partial charge is 0.253 e. The average Bonchev–Trinajstić information content (AvgIpc) is 2.49. The molecule has 4 heteroatoms. The average molecular weight is 290 g/mol. The summed E-state index contributed by atoms with van der Waals surface area (Å²) >= 11 is 5.99. The van der Waals surface area contributed by atoms with Gasteiger partial charge in [-0.15, -0.1) is 0 Å². The molecule has 0 saturated heterocycles. The molecule has 0 bridgehead atoms. The molecule has 3 nitrogen and oxygen atoms in total. The Balaban J connectivity index is 1.85. The second-order valence-corrected chi connectivity index (χ2v) is 4.78. The summed E-state index contributed by atoms with van der Waals surface area (Å²) < 4.78 is 5.57. The van der Waals surface area contributed by atoms with Crippen LogP contribution in [-0.4, -0.2) is 31.0 Å². The summed E-state index contributed by atoms with van der Waals surface area (Å²) in [5.74, 6) is 0.614. The third-order valence-electron chi connectivity index (χ3n) is 2.89. The van der Waals surface area contributed by atoms with E-state index in [0.29, 0.717) is 29.5 Å². The maximum atomic E-state index is 12.1. The predicted molar refractivity (Wildman–Crippen MR) is 80.3 cm³/mol. The van der Waals surface area contributed by atoms with E-state index in [-0.39, 0.29) is 5.91 Å². The molecule has 0 N–H and O–H groups in total. The molecule has 2 aromatic rings. The molecule has 0 saturated carbocycles. The van der Waals surface area contributed by atoms with E-state index in [1.807, 2.05) is 30.3 Å². The summed E-state index contributed by atoms with van der Waals surface area (Å²) in [6, 6.07) is 16.5. The third-order valence-corrected chi connectivity index (χ3v) is 3.20. The van der Waals surface area contributed by atoms with Crippen LogP contribution in [0.1, 0.15) is 10.4 Å². The van der Waals surface area contributed by atoms with Crippen molar-refractivity contribution >= 4 is 17.5 Å².